The van der Waals surface area contributed by atoms with Crippen LogP contribution >= 0.6 is 0 Å². The lowest BCUT2D eigenvalue weighted by atomic mass is 10.1. The van der Waals surface area contributed by atoms with Crippen LogP contribution < -0.4 is 0 Å². The molecule has 1 aromatic rings. The van der Waals surface area contributed by atoms with Crippen LogP contribution in [0, 0.1) is 0 Å². The molecule has 0 bridgehead atoms. The van der Waals surface area contributed by atoms with Crippen LogP contribution in [0.4, 0.5) is 4.79 Å². The third-order valence-electron chi connectivity index (χ3n) is 2.65. The van der Waals surface area contributed by atoms with Crippen LogP contribution in [-0.2, 0) is 17.8 Å². The minimum absolute atomic E-state index is 0.130. The number of carbonyl (C=O) groups is 2. The predicted molar refractivity (Wildman–Crippen MR) is 62.0 cm³/mol. The standard InChI is InChI=1S/C12H12N2O4/c1-2-5-18-12(17)14-6-9-8(11(15)16)3-4-13-10(9)7-14/h2-4H,1,5-7H2,(H,15,16). The first-order valence-electron chi connectivity index (χ1n) is 5.36. The van der Waals surface area contributed by atoms with E-state index in [1.165, 1.54) is 23.2 Å². The number of rotatable bonds is 3. The summed E-state index contributed by atoms with van der Waals surface area (Å²) < 4.78 is 4.90. The second-order valence-electron chi connectivity index (χ2n) is 3.81. The number of aromatic carboxylic acids is 1. The number of carboxylic acid groups (broad SMARTS) is 1. The van der Waals surface area contributed by atoms with Gasteiger partial charge in [-0.2, -0.15) is 0 Å². The first-order valence-corrected chi connectivity index (χ1v) is 5.36. The van der Waals surface area contributed by atoms with Gasteiger partial charge in [-0.05, 0) is 6.07 Å². The van der Waals surface area contributed by atoms with Crippen LogP contribution in [0.3, 0.4) is 0 Å². The molecule has 2 rings (SSSR count). The summed E-state index contributed by atoms with van der Waals surface area (Å²) in [5, 5.41) is 9.04. The maximum Gasteiger partial charge on any atom is 0.410 e. The smallest absolute Gasteiger partial charge is 0.410 e. The van der Waals surface area contributed by atoms with Crippen molar-refractivity contribution >= 4 is 12.1 Å². The Morgan fingerprint density at radius 3 is 3.00 bits per heavy atom. The van der Waals surface area contributed by atoms with Gasteiger partial charge in [-0.1, -0.05) is 12.7 Å². The van der Waals surface area contributed by atoms with Gasteiger partial charge in [-0.15, -0.1) is 0 Å². The monoisotopic (exact) mass is 248 g/mol. The van der Waals surface area contributed by atoms with Crippen LogP contribution in [0.5, 0.6) is 0 Å². The van der Waals surface area contributed by atoms with Crippen LogP contribution in [0.25, 0.3) is 0 Å². The number of hydrogen-bond acceptors (Lipinski definition) is 4. The molecule has 1 aliphatic heterocycles. The van der Waals surface area contributed by atoms with Crippen molar-refractivity contribution in [1.82, 2.24) is 9.88 Å². The van der Waals surface area contributed by atoms with Gasteiger partial charge in [-0.3, -0.25) is 9.88 Å². The molecule has 6 heteroatoms. The Bertz CT molecular complexity index is 513. The predicted octanol–water partition coefficient (Wildman–Crippen LogP) is 1.42. The molecule has 18 heavy (non-hydrogen) atoms. The Hall–Kier alpha value is -2.37. The number of fused-ring (bicyclic) bond motifs is 1. The number of carbonyl (C=O) groups excluding carboxylic acids is 1. The molecule has 0 aliphatic carbocycles. The molecule has 0 unspecified atom stereocenters. The van der Waals surface area contributed by atoms with E-state index in [0.717, 1.165) is 0 Å². The van der Waals surface area contributed by atoms with Crippen molar-refractivity contribution in [3.63, 3.8) is 0 Å². The van der Waals surface area contributed by atoms with Crippen molar-refractivity contribution in [3.05, 3.63) is 41.7 Å². The van der Waals surface area contributed by atoms with E-state index < -0.39 is 12.1 Å². The zero-order chi connectivity index (χ0) is 13.1. The number of carboxylic acids is 1. The quantitative estimate of drug-likeness (QED) is 0.818. The fraction of sp³-hybridized carbons (Fsp3) is 0.250. The van der Waals surface area contributed by atoms with Crippen LogP contribution in [0.15, 0.2) is 24.9 Å². The molecule has 94 valence electrons. The molecule has 0 saturated carbocycles. The number of nitrogens with zero attached hydrogens (tertiary/aromatic N) is 2. The van der Waals surface area contributed by atoms with Crippen LogP contribution in [0.2, 0.25) is 0 Å². The van der Waals surface area contributed by atoms with E-state index in [-0.39, 0.29) is 25.3 Å². The van der Waals surface area contributed by atoms with Crippen molar-refractivity contribution in [1.29, 1.82) is 0 Å². The largest absolute Gasteiger partial charge is 0.478 e. The normalized spacial score (nSPS) is 13.0. The first kappa shape index (κ1) is 12.1. The maximum absolute atomic E-state index is 11.6. The number of aromatic nitrogens is 1. The molecular weight excluding hydrogens is 236 g/mol. The van der Waals surface area contributed by atoms with E-state index in [0.29, 0.717) is 11.3 Å². The van der Waals surface area contributed by atoms with Gasteiger partial charge in [0.2, 0.25) is 0 Å². The summed E-state index contributed by atoms with van der Waals surface area (Å²) in [6.07, 6.45) is 2.41. The summed E-state index contributed by atoms with van der Waals surface area (Å²) in [7, 11) is 0. The Morgan fingerprint density at radius 2 is 2.33 bits per heavy atom. The first-order chi connectivity index (χ1) is 8.63. The second kappa shape index (κ2) is 4.87. The Balaban J connectivity index is 2.17. The molecule has 1 N–H and O–H groups in total. The highest BCUT2D eigenvalue weighted by molar-refractivity contribution is 5.90. The highest BCUT2D eigenvalue weighted by atomic mass is 16.6. The molecule has 0 radical (unpaired) electrons. The van der Waals surface area contributed by atoms with E-state index in [9.17, 15) is 9.59 Å². The SMILES string of the molecule is C=CCOC(=O)N1Cc2nccc(C(=O)O)c2C1. The number of amides is 1. The van der Waals surface area contributed by atoms with Gasteiger partial charge in [0, 0.05) is 11.8 Å². The summed E-state index contributed by atoms with van der Waals surface area (Å²) >= 11 is 0. The zero-order valence-electron chi connectivity index (χ0n) is 9.63. The van der Waals surface area contributed by atoms with E-state index in [2.05, 4.69) is 11.6 Å². The van der Waals surface area contributed by atoms with Crippen LogP contribution in [-0.4, -0.2) is 33.7 Å². The van der Waals surface area contributed by atoms with Crippen molar-refractivity contribution < 1.29 is 19.4 Å². The van der Waals surface area contributed by atoms with Gasteiger partial charge in [0.15, 0.2) is 0 Å². The molecule has 6 nitrogen and oxygen atoms in total. The molecule has 0 spiro atoms. The molecule has 1 aromatic heterocycles. The van der Waals surface area contributed by atoms with Gasteiger partial charge >= 0.3 is 12.1 Å². The van der Waals surface area contributed by atoms with Gasteiger partial charge in [-0.25, -0.2) is 9.59 Å². The minimum Gasteiger partial charge on any atom is -0.478 e. The summed E-state index contributed by atoms with van der Waals surface area (Å²) in [6, 6.07) is 1.43. The van der Waals surface area contributed by atoms with Crippen molar-refractivity contribution in [2.24, 2.45) is 0 Å². The van der Waals surface area contributed by atoms with Crippen molar-refractivity contribution in [2.75, 3.05) is 6.61 Å². The van der Waals surface area contributed by atoms with Crippen molar-refractivity contribution in [3.8, 4) is 0 Å². The van der Waals surface area contributed by atoms with E-state index in [1.54, 1.807) is 0 Å². The Labute approximate surface area is 104 Å². The molecule has 0 fully saturated rings. The summed E-state index contributed by atoms with van der Waals surface area (Å²) in [5.41, 5.74) is 1.35. The van der Waals surface area contributed by atoms with Gasteiger partial charge in [0.1, 0.15) is 6.61 Å². The van der Waals surface area contributed by atoms with E-state index >= 15 is 0 Å². The fourth-order valence-electron chi connectivity index (χ4n) is 1.83. The molecule has 1 amide bonds. The third-order valence-corrected chi connectivity index (χ3v) is 2.65. The number of pyridine rings is 1. The molecule has 0 atom stereocenters. The van der Waals surface area contributed by atoms with Crippen molar-refractivity contribution in [2.45, 2.75) is 13.1 Å². The van der Waals surface area contributed by atoms with Gasteiger partial charge < -0.3 is 9.84 Å². The highest BCUT2D eigenvalue weighted by Crippen LogP contribution is 2.24. The molecule has 0 saturated heterocycles. The van der Waals surface area contributed by atoms with Gasteiger partial charge in [0.05, 0.1) is 24.3 Å². The number of hydrogen-bond donors (Lipinski definition) is 1. The minimum atomic E-state index is -1.02. The molecule has 0 aromatic carbocycles. The molecule has 1 aliphatic rings. The average molecular weight is 248 g/mol. The Kier molecular flexibility index (Phi) is 3.27. The highest BCUT2D eigenvalue weighted by Gasteiger charge is 2.28. The molecule has 2 heterocycles. The number of ether oxygens (including phenoxy) is 1. The lowest BCUT2D eigenvalue weighted by Crippen LogP contribution is -2.26. The summed E-state index contributed by atoms with van der Waals surface area (Å²) in [4.78, 5) is 28.2. The van der Waals surface area contributed by atoms with E-state index in [1.807, 2.05) is 0 Å². The van der Waals surface area contributed by atoms with Crippen LogP contribution in [0.1, 0.15) is 21.6 Å². The second-order valence-corrected chi connectivity index (χ2v) is 3.81. The summed E-state index contributed by atoms with van der Waals surface area (Å²) in [5.74, 6) is -1.02. The maximum atomic E-state index is 11.6. The third kappa shape index (κ3) is 2.17. The zero-order valence-corrected chi connectivity index (χ0v) is 9.63. The van der Waals surface area contributed by atoms with E-state index in [4.69, 9.17) is 9.84 Å². The average Bonchev–Trinajstić information content (AvgIpc) is 2.79. The fourth-order valence-corrected chi connectivity index (χ4v) is 1.83. The lowest BCUT2D eigenvalue weighted by Gasteiger charge is -2.13. The Morgan fingerprint density at radius 1 is 1.56 bits per heavy atom. The van der Waals surface area contributed by atoms with Gasteiger partial charge in [0.25, 0.3) is 0 Å². The molecular formula is C12H12N2O4. The summed E-state index contributed by atoms with van der Waals surface area (Å²) in [6.45, 7) is 4.06. The lowest BCUT2D eigenvalue weighted by molar-refractivity contribution is 0.0694. The topological polar surface area (TPSA) is 79.7 Å².